The summed E-state index contributed by atoms with van der Waals surface area (Å²) in [4.78, 5) is 17.1. The lowest BCUT2D eigenvalue weighted by Crippen LogP contribution is -2.33. The quantitative estimate of drug-likeness (QED) is 0.863. The molecule has 1 aromatic carbocycles. The van der Waals surface area contributed by atoms with Crippen LogP contribution >= 0.6 is 0 Å². The third-order valence-corrected chi connectivity index (χ3v) is 4.45. The first-order chi connectivity index (χ1) is 10.8. The van der Waals surface area contributed by atoms with Crippen molar-refractivity contribution in [1.29, 1.82) is 0 Å². The van der Waals surface area contributed by atoms with Gasteiger partial charge < -0.3 is 9.88 Å². The van der Waals surface area contributed by atoms with Gasteiger partial charge in [0, 0.05) is 24.4 Å². The molecule has 22 heavy (non-hydrogen) atoms. The Morgan fingerprint density at radius 3 is 2.73 bits per heavy atom. The minimum absolute atomic E-state index is 0.124. The molecule has 116 valence electrons. The summed E-state index contributed by atoms with van der Waals surface area (Å²) in [6.45, 7) is 4.69. The van der Waals surface area contributed by atoms with Crippen LogP contribution in [0.5, 0.6) is 0 Å². The van der Waals surface area contributed by atoms with Crippen LogP contribution in [0.2, 0.25) is 0 Å². The smallest absolute Gasteiger partial charge is 0.201 e. The number of ketones is 1. The Morgan fingerprint density at radius 2 is 2.00 bits per heavy atom. The molecule has 0 unspecified atom stereocenters. The molecule has 1 fully saturated rings. The van der Waals surface area contributed by atoms with E-state index in [1.165, 1.54) is 5.56 Å². The minimum atomic E-state index is 0.124. The van der Waals surface area contributed by atoms with E-state index in [1.807, 2.05) is 19.2 Å². The number of rotatable bonds is 5. The van der Waals surface area contributed by atoms with Crippen molar-refractivity contribution >= 4 is 5.78 Å². The molecule has 2 heterocycles. The zero-order valence-electron chi connectivity index (χ0n) is 13.1. The third-order valence-electron chi connectivity index (χ3n) is 4.45. The molecule has 1 saturated heterocycles. The lowest BCUT2D eigenvalue weighted by Gasteiger charge is -2.21. The molecular weight excluding hydrogens is 274 g/mol. The average molecular weight is 297 g/mol. The number of benzene rings is 1. The van der Waals surface area contributed by atoms with Crippen LogP contribution in [0.15, 0.2) is 36.5 Å². The molecule has 0 aliphatic carbocycles. The first kappa shape index (κ1) is 15.0. The fourth-order valence-electron chi connectivity index (χ4n) is 3.09. The van der Waals surface area contributed by atoms with Gasteiger partial charge in [-0.05, 0) is 44.8 Å². The maximum Gasteiger partial charge on any atom is 0.201 e. The number of hydrogen-bond donors (Lipinski definition) is 1. The molecular formula is C18H23N3O. The number of hydrogen-bond acceptors (Lipinski definition) is 3. The Labute approximate surface area is 131 Å². The lowest BCUT2D eigenvalue weighted by molar-refractivity contribution is 0.0879. The number of nitrogens with one attached hydrogen (secondary N) is 1. The van der Waals surface area contributed by atoms with Crippen LogP contribution in [0.25, 0.3) is 0 Å². The summed E-state index contributed by atoms with van der Waals surface area (Å²) in [5.74, 6) is 0.974. The van der Waals surface area contributed by atoms with Gasteiger partial charge in [-0.1, -0.05) is 30.3 Å². The van der Waals surface area contributed by atoms with Crippen molar-refractivity contribution < 1.29 is 4.79 Å². The fraction of sp³-hybridized carbons (Fsp3) is 0.444. The number of Topliss-reactive ketones (excluding diaryl/α,β-unsaturated/α-hetero) is 1. The molecule has 1 aromatic heterocycles. The predicted molar refractivity (Wildman–Crippen MR) is 87.0 cm³/mol. The van der Waals surface area contributed by atoms with E-state index in [0.29, 0.717) is 5.82 Å². The first-order valence-electron chi connectivity index (χ1n) is 8.06. The number of carbonyl (C=O) groups excluding carboxylic acids is 1. The van der Waals surface area contributed by atoms with E-state index in [-0.39, 0.29) is 11.7 Å². The highest BCUT2D eigenvalue weighted by Crippen LogP contribution is 2.19. The van der Waals surface area contributed by atoms with E-state index >= 15 is 0 Å². The van der Waals surface area contributed by atoms with Crippen LogP contribution in [0, 0.1) is 12.8 Å². The van der Waals surface area contributed by atoms with E-state index in [0.717, 1.165) is 44.6 Å². The molecule has 0 radical (unpaired) electrons. The van der Waals surface area contributed by atoms with Crippen LogP contribution in [-0.4, -0.2) is 28.4 Å². The topological polar surface area (TPSA) is 46.9 Å². The molecule has 2 aromatic rings. The van der Waals surface area contributed by atoms with E-state index in [4.69, 9.17) is 0 Å². The molecule has 0 spiro atoms. The predicted octanol–water partition coefficient (Wildman–Crippen LogP) is 2.62. The number of piperidine rings is 1. The highest BCUT2D eigenvalue weighted by molar-refractivity contribution is 5.95. The number of carbonyl (C=O) groups is 1. The standard InChI is InChI=1S/C18H23N3O/c1-14-13-20-18(17(22)16-7-10-19-11-8-16)21(14)12-9-15-5-3-2-4-6-15/h2-6,13,16,19H,7-12H2,1H3. The zero-order chi connectivity index (χ0) is 15.4. The average Bonchev–Trinajstić information content (AvgIpc) is 2.95. The second-order valence-electron chi connectivity index (χ2n) is 6.00. The highest BCUT2D eigenvalue weighted by Gasteiger charge is 2.26. The summed E-state index contributed by atoms with van der Waals surface area (Å²) in [7, 11) is 0. The first-order valence-corrected chi connectivity index (χ1v) is 8.06. The largest absolute Gasteiger partial charge is 0.326 e. The SMILES string of the molecule is Cc1cnc(C(=O)C2CCNCC2)n1CCc1ccccc1. The van der Waals surface area contributed by atoms with Crippen LogP contribution in [-0.2, 0) is 13.0 Å². The molecule has 0 amide bonds. The van der Waals surface area contributed by atoms with E-state index < -0.39 is 0 Å². The lowest BCUT2D eigenvalue weighted by atomic mass is 9.93. The van der Waals surface area contributed by atoms with E-state index in [1.54, 1.807) is 0 Å². The molecule has 3 rings (SSSR count). The monoisotopic (exact) mass is 297 g/mol. The number of nitrogens with zero attached hydrogens (tertiary/aromatic N) is 2. The maximum atomic E-state index is 12.7. The maximum absolute atomic E-state index is 12.7. The van der Waals surface area contributed by atoms with Gasteiger partial charge in [-0.25, -0.2) is 4.98 Å². The minimum Gasteiger partial charge on any atom is -0.326 e. The summed E-state index contributed by atoms with van der Waals surface area (Å²) in [6.07, 6.45) is 4.58. The normalized spacial score (nSPS) is 15.9. The van der Waals surface area contributed by atoms with E-state index in [9.17, 15) is 4.79 Å². The Kier molecular flexibility index (Phi) is 4.68. The van der Waals surface area contributed by atoms with Crippen molar-refractivity contribution in [1.82, 2.24) is 14.9 Å². The summed E-state index contributed by atoms with van der Waals surface area (Å²) in [5, 5.41) is 3.31. The Balaban J connectivity index is 1.74. The van der Waals surface area contributed by atoms with Crippen LogP contribution < -0.4 is 5.32 Å². The van der Waals surface area contributed by atoms with Crippen molar-refractivity contribution in [3.05, 3.63) is 53.6 Å². The van der Waals surface area contributed by atoms with Crippen molar-refractivity contribution in [3.8, 4) is 0 Å². The van der Waals surface area contributed by atoms with Crippen LogP contribution in [0.3, 0.4) is 0 Å². The molecule has 0 saturated carbocycles. The van der Waals surface area contributed by atoms with E-state index in [2.05, 4.69) is 39.1 Å². The van der Waals surface area contributed by atoms with Gasteiger partial charge in [-0.2, -0.15) is 0 Å². The number of imidazole rings is 1. The Bertz CT molecular complexity index is 627. The van der Waals surface area contributed by atoms with Gasteiger partial charge in [0.2, 0.25) is 5.78 Å². The van der Waals surface area contributed by atoms with Gasteiger partial charge in [-0.15, -0.1) is 0 Å². The number of aromatic nitrogens is 2. The summed E-state index contributed by atoms with van der Waals surface area (Å²) >= 11 is 0. The van der Waals surface area contributed by atoms with Gasteiger partial charge in [0.1, 0.15) is 0 Å². The molecule has 0 atom stereocenters. The molecule has 4 heteroatoms. The fourth-order valence-corrected chi connectivity index (χ4v) is 3.09. The van der Waals surface area contributed by atoms with Crippen LogP contribution in [0.4, 0.5) is 0 Å². The van der Waals surface area contributed by atoms with Gasteiger partial charge >= 0.3 is 0 Å². The van der Waals surface area contributed by atoms with Crippen molar-refractivity contribution in [2.24, 2.45) is 5.92 Å². The third kappa shape index (κ3) is 3.28. The van der Waals surface area contributed by atoms with Crippen LogP contribution in [0.1, 0.15) is 34.7 Å². The Morgan fingerprint density at radius 1 is 1.27 bits per heavy atom. The molecule has 1 N–H and O–H groups in total. The van der Waals surface area contributed by atoms with Gasteiger partial charge in [0.05, 0.1) is 0 Å². The van der Waals surface area contributed by atoms with Gasteiger partial charge in [0.15, 0.2) is 5.82 Å². The summed E-state index contributed by atoms with van der Waals surface area (Å²) in [5.41, 5.74) is 2.35. The van der Waals surface area contributed by atoms with Crippen molar-refractivity contribution in [2.75, 3.05) is 13.1 Å². The summed E-state index contributed by atoms with van der Waals surface area (Å²) in [6, 6.07) is 10.4. The number of aryl methyl sites for hydroxylation is 2. The zero-order valence-corrected chi connectivity index (χ0v) is 13.1. The molecule has 1 aliphatic rings. The van der Waals surface area contributed by atoms with Gasteiger partial charge in [-0.3, -0.25) is 4.79 Å². The molecule has 0 bridgehead atoms. The second kappa shape index (κ2) is 6.88. The summed E-state index contributed by atoms with van der Waals surface area (Å²) < 4.78 is 2.08. The highest BCUT2D eigenvalue weighted by atomic mass is 16.1. The molecule has 1 aliphatic heterocycles. The van der Waals surface area contributed by atoms with Crippen molar-refractivity contribution in [3.63, 3.8) is 0 Å². The molecule has 4 nitrogen and oxygen atoms in total. The second-order valence-corrected chi connectivity index (χ2v) is 6.00. The Hall–Kier alpha value is -1.94. The van der Waals surface area contributed by atoms with Gasteiger partial charge in [0.25, 0.3) is 0 Å². The van der Waals surface area contributed by atoms with Crippen molar-refractivity contribution in [2.45, 2.75) is 32.7 Å².